The van der Waals surface area contributed by atoms with Gasteiger partial charge in [-0.25, -0.2) is 9.18 Å². The number of carbonyl (C=O) groups excluding carboxylic acids is 1. The molecule has 0 atom stereocenters. The number of anilines is 1. The van der Waals surface area contributed by atoms with Gasteiger partial charge in [-0.3, -0.25) is 18.7 Å². The van der Waals surface area contributed by atoms with Gasteiger partial charge in [-0.05, 0) is 36.2 Å². The van der Waals surface area contributed by atoms with Gasteiger partial charge >= 0.3 is 5.69 Å². The van der Waals surface area contributed by atoms with E-state index in [9.17, 15) is 18.8 Å². The minimum Gasteiger partial charge on any atom is -0.322 e. The molecule has 0 saturated carbocycles. The molecule has 0 aliphatic carbocycles. The van der Waals surface area contributed by atoms with Gasteiger partial charge in [-0.15, -0.1) is 0 Å². The third-order valence-electron chi connectivity index (χ3n) is 4.19. The van der Waals surface area contributed by atoms with Gasteiger partial charge in [0.2, 0.25) is 5.91 Å². The fourth-order valence-corrected chi connectivity index (χ4v) is 3.31. The number of hydrogen-bond donors (Lipinski definition) is 1. The Bertz CT molecular complexity index is 1170. The van der Waals surface area contributed by atoms with Crippen molar-refractivity contribution in [2.75, 3.05) is 5.32 Å². The Morgan fingerprint density at radius 3 is 2.54 bits per heavy atom. The van der Waals surface area contributed by atoms with Crippen molar-refractivity contribution in [2.45, 2.75) is 26.9 Å². The van der Waals surface area contributed by atoms with Crippen molar-refractivity contribution < 1.29 is 9.18 Å². The molecule has 28 heavy (non-hydrogen) atoms. The summed E-state index contributed by atoms with van der Waals surface area (Å²) in [4.78, 5) is 38.1. The second-order valence-corrected chi connectivity index (χ2v) is 7.78. The molecule has 1 amide bonds. The molecule has 3 aromatic rings. The van der Waals surface area contributed by atoms with Crippen LogP contribution in [0.15, 0.2) is 56.5 Å². The summed E-state index contributed by atoms with van der Waals surface area (Å²) in [5.41, 5.74) is -0.571. The third kappa shape index (κ3) is 4.06. The number of carbonyl (C=O) groups is 1. The summed E-state index contributed by atoms with van der Waals surface area (Å²) in [5.74, 6) is -1.08. The Balaban J connectivity index is 2.03. The molecule has 2 aromatic carbocycles. The molecule has 0 unspecified atom stereocenters. The number of amides is 1. The highest BCUT2D eigenvalue weighted by Crippen LogP contribution is 2.19. The Morgan fingerprint density at radius 2 is 1.86 bits per heavy atom. The number of aromatic nitrogens is 2. The quantitative estimate of drug-likeness (QED) is 0.651. The lowest BCUT2D eigenvalue weighted by atomic mass is 10.2. The van der Waals surface area contributed by atoms with Crippen LogP contribution < -0.4 is 16.6 Å². The smallest absolute Gasteiger partial charge is 0.322 e. The summed E-state index contributed by atoms with van der Waals surface area (Å²) in [5, 5.41) is 2.82. The van der Waals surface area contributed by atoms with Gasteiger partial charge in [0.25, 0.3) is 5.56 Å². The van der Waals surface area contributed by atoms with Crippen molar-refractivity contribution in [1.29, 1.82) is 0 Å². The van der Waals surface area contributed by atoms with Crippen LogP contribution in [0.25, 0.3) is 10.9 Å². The van der Waals surface area contributed by atoms with Crippen molar-refractivity contribution in [3.63, 3.8) is 0 Å². The number of fused-ring (bicyclic) bond motifs is 1. The van der Waals surface area contributed by atoms with E-state index in [1.54, 1.807) is 30.3 Å². The number of benzene rings is 2. The maximum atomic E-state index is 14.0. The number of nitrogens with one attached hydrogen (secondary N) is 1. The molecule has 8 heteroatoms. The fraction of sp³-hybridized carbons (Fsp3) is 0.250. The molecule has 6 nitrogen and oxygen atoms in total. The SMILES string of the molecule is CC(C)Cn1c(=O)c2ccccc2n(CC(=O)Nc2ccc(Br)cc2F)c1=O. The van der Waals surface area contributed by atoms with E-state index < -0.39 is 17.4 Å². The number of nitrogens with zero attached hydrogens (tertiary/aromatic N) is 2. The van der Waals surface area contributed by atoms with E-state index in [0.29, 0.717) is 15.4 Å². The van der Waals surface area contributed by atoms with Crippen LogP contribution in [0, 0.1) is 11.7 Å². The van der Waals surface area contributed by atoms with E-state index in [4.69, 9.17) is 0 Å². The molecule has 0 radical (unpaired) electrons. The Labute approximate surface area is 168 Å². The molecular formula is C20H19BrFN3O3. The van der Waals surface area contributed by atoms with Gasteiger partial charge in [-0.1, -0.05) is 41.9 Å². The monoisotopic (exact) mass is 447 g/mol. The fourth-order valence-electron chi connectivity index (χ4n) is 2.97. The maximum Gasteiger partial charge on any atom is 0.331 e. The summed E-state index contributed by atoms with van der Waals surface area (Å²) in [6.45, 7) is 3.70. The molecule has 0 spiro atoms. The molecule has 1 heterocycles. The van der Waals surface area contributed by atoms with Gasteiger partial charge < -0.3 is 5.32 Å². The lowest BCUT2D eigenvalue weighted by Gasteiger charge is -2.15. The molecule has 0 aliphatic rings. The largest absolute Gasteiger partial charge is 0.331 e. The second-order valence-electron chi connectivity index (χ2n) is 6.87. The van der Waals surface area contributed by atoms with Gasteiger partial charge in [-0.2, -0.15) is 0 Å². The summed E-state index contributed by atoms with van der Waals surface area (Å²) < 4.78 is 16.9. The normalized spacial score (nSPS) is 11.2. The van der Waals surface area contributed by atoms with Gasteiger partial charge in [0, 0.05) is 11.0 Å². The molecule has 146 valence electrons. The summed E-state index contributed by atoms with van der Waals surface area (Å²) >= 11 is 3.16. The lowest BCUT2D eigenvalue weighted by Crippen LogP contribution is -2.42. The second kappa shape index (κ2) is 8.10. The van der Waals surface area contributed by atoms with Crippen LogP contribution in [0.1, 0.15) is 13.8 Å². The Hall–Kier alpha value is -2.74. The van der Waals surface area contributed by atoms with Gasteiger partial charge in [0.15, 0.2) is 0 Å². The van der Waals surface area contributed by atoms with E-state index in [-0.39, 0.29) is 30.3 Å². The van der Waals surface area contributed by atoms with E-state index in [1.165, 1.54) is 16.7 Å². The van der Waals surface area contributed by atoms with Crippen LogP contribution in [0.4, 0.5) is 10.1 Å². The average Bonchev–Trinajstić information content (AvgIpc) is 2.64. The predicted molar refractivity (Wildman–Crippen MR) is 110 cm³/mol. The summed E-state index contributed by atoms with van der Waals surface area (Å²) in [6.07, 6.45) is 0. The van der Waals surface area contributed by atoms with Crippen LogP contribution in [-0.2, 0) is 17.9 Å². The molecular weight excluding hydrogens is 429 g/mol. The molecule has 0 aliphatic heterocycles. The highest BCUT2D eigenvalue weighted by molar-refractivity contribution is 9.10. The maximum absolute atomic E-state index is 14.0. The van der Waals surface area contributed by atoms with Gasteiger partial charge in [0.1, 0.15) is 12.4 Å². The zero-order chi connectivity index (χ0) is 20.4. The highest BCUT2D eigenvalue weighted by atomic mass is 79.9. The van der Waals surface area contributed by atoms with Crippen molar-refractivity contribution in [1.82, 2.24) is 9.13 Å². The summed E-state index contributed by atoms with van der Waals surface area (Å²) in [6, 6.07) is 10.9. The van der Waals surface area contributed by atoms with Crippen LogP contribution in [0.5, 0.6) is 0 Å². The lowest BCUT2D eigenvalue weighted by molar-refractivity contribution is -0.116. The Kier molecular flexibility index (Phi) is 5.79. The minimum atomic E-state index is -0.593. The highest BCUT2D eigenvalue weighted by Gasteiger charge is 2.16. The van der Waals surface area contributed by atoms with E-state index >= 15 is 0 Å². The van der Waals surface area contributed by atoms with Crippen molar-refractivity contribution in [3.8, 4) is 0 Å². The standard InChI is InChI=1S/C20H19BrFN3O3/c1-12(2)10-25-19(27)14-5-3-4-6-17(14)24(20(25)28)11-18(26)23-16-8-7-13(21)9-15(16)22/h3-9,12H,10-11H2,1-2H3,(H,23,26). The van der Waals surface area contributed by atoms with E-state index in [2.05, 4.69) is 21.2 Å². The number of hydrogen-bond acceptors (Lipinski definition) is 3. The first-order chi connectivity index (χ1) is 13.3. The third-order valence-corrected chi connectivity index (χ3v) is 4.68. The van der Waals surface area contributed by atoms with Crippen LogP contribution in [0.3, 0.4) is 0 Å². The average molecular weight is 448 g/mol. The molecule has 3 rings (SSSR count). The predicted octanol–water partition coefficient (Wildman–Crippen LogP) is 3.36. The summed E-state index contributed by atoms with van der Waals surface area (Å²) in [7, 11) is 0. The van der Waals surface area contributed by atoms with Crippen molar-refractivity contribution in [3.05, 3.63) is 73.6 Å². The zero-order valence-electron chi connectivity index (χ0n) is 15.4. The molecule has 0 fully saturated rings. The minimum absolute atomic E-state index is 0.0149. The number of halogens is 2. The Morgan fingerprint density at radius 1 is 1.14 bits per heavy atom. The first kappa shape index (κ1) is 20.0. The van der Waals surface area contributed by atoms with Crippen molar-refractivity contribution in [2.24, 2.45) is 5.92 Å². The number of rotatable bonds is 5. The first-order valence-electron chi connectivity index (χ1n) is 8.75. The zero-order valence-corrected chi connectivity index (χ0v) is 17.0. The van der Waals surface area contributed by atoms with Gasteiger partial charge in [0.05, 0.1) is 16.6 Å². The first-order valence-corrected chi connectivity index (χ1v) is 9.54. The molecule has 0 bridgehead atoms. The number of para-hydroxylation sites is 1. The van der Waals surface area contributed by atoms with Crippen molar-refractivity contribution >= 4 is 38.4 Å². The van der Waals surface area contributed by atoms with E-state index in [0.717, 1.165) is 4.57 Å². The van der Waals surface area contributed by atoms with Crippen LogP contribution in [0.2, 0.25) is 0 Å². The van der Waals surface area contributed by atoms with Crippen LogP contribution >= 0.6 is 15.9 Å². The molecule has 1 N–H and O–H groups in total. The molecule has 1 aromatic heterocycles. The topological polar surface area (TPSA) is 73.1 Å². The van der Waals surface area contributed by atoms with Crippen LogP contribution in [-0.4, -0.2) is 15.0 Å². The molecule has 0 saturated heterocycles. The van der Waals surface area contributed by atoms with E-state index in [1.807, 2.05) is 13.8 Å².